The minimum Gasteiger partial charge on any atom is -0.381 e. The molecule has 3 nitrogen and oxygen atoms in total. The summed E-state index contributed by atoms with van der Waals surface area (Å²) >= 11 is 5.98. The lowest BCUT2D eigenvalue weighted by Gasteiger charge is -2.43. The highest BCUT2D eigenvalue weighted by Gasteiger charge is 2.40. The monoisotopic (exact) mass is 311 g/mol. The first-order valence-corrected chi connectivity index (χ1v) is 8.18. The van der Waals surface area contributed by atoms with Crippen LogP contribution < -0.4 is 5.32 Å². The summed E-state index contributed by atoms with van der Waals surface area (Å²) in [5, 5.41) is 4.46. The average Bonchev–Trinajstić information content (AvgIpc) is 2.54. The molecule has 0 amide bonds. The van der Waals surface area contributed by atoms with E-state index in [2.05, 4.69) is 24.4 Å². The molecule has 1 N–H and O–H groups in total. The van der Waals surface area contributed by atoms with Gasteiger partial charge in [-0.3, -0.25) is 0 Å². The van der Waals surface area contributed by atoms with Gasteiger partial charge in [0.25, 0.3) is 0 Å². The maximum atomic E-state index is 5.98. The van der Waals surface area contributed by atoms with Crippen LogP contribution in [0, 0.1) is 0 Å². The smallest absolute Gasteiger partial charge is 0.0877 e. The molecule has 0 radical (unpaired) electrons. The Bertz CT molecular complexity index is 415. The number of benzene rings is 1. The third-order valence-electron chi connectivity index (χ3n) is 4.37. The van der Waals surface area contributed by atoms with Gasteiger partial charge in [0.05, 0.1) is 5.60 Å². The van der Waals surface area contributed by atoms with E-state index < -0.39 is 0 Å². The minimum absolute atomic E-state index is 0.132. The molecule has 4 heteroatoms. The predicted molar refractivity (Wildman–Crippen MR) is 87.0 cm³/mol. The number of hydrogen-bond donors (Lipinski definition) is 1. The van der Waals surface area contributed by atoms with Crippen LogP contribution in [-0.4, -0.2) is 38.5 Å². The maximum absolute atomic E-state index is 5.98. The number of rotatable bonds is 7. The zero-order valence-corrected chi connectivity index (χ0v) is 13.8. The van der Waals surface area contributed by atoms with Crippen molar-refractivity contribution in [1.82, 2.24) is 5.32 Å². The topological polar surface area (TPSA) is 30.5 Å². The molecule has 1 aliphatic rings. The van der Waals surface area contributed by atoms with Gasteiger partial charge >= 0.3 is 0 Å². The summed E-state index contributed by atoms with van der Waals surface area (Å²) in [6.07, 6.45) is 3.95. The Morgan fingerprint density at radius 1 is 1.29 bits per heavy atom. The van der Waals surface area contributed by atoms with Crippen molar-refractivity contribution in [3.8, 4) is 0 Å². The largest absolute Gasteiger partial charge is 0.381 e. The van der Waals surface area contributed by atoms with Crippen molar-refractivity contribution in [2.24, 2.45) is 0 Å². The van der Waals surface area contributed by atoms with Crippen LogP contribution in [0.15, 0.2) is 24.3 Å². The van der Waals surface area contributed by atoms with Gasteiger partial charge < -0.3 is 14.8 Å². The number of nitrogens with one attached hydrogen (secondary N) is 1. The van der Waals surface area contributed by atoms with Gasteiger partial charge in [-0.2, -0.15) is 0 Å². The fourth-order valence-corrected chi connectivity index (χ4v) is 3.16. The highest BCUT2D eigenvalue weighted by molar-refractivity contribution is 6.30. The van der Waals surface area contributed by atoms with Gasteiger partial charge in [0, 0.05) is 44.2 Å². The summed E-state index contributed by atoms with van der Waals surface area (Å²) in [5.74, 6) is 0. The first-order valence-electron chi connectivity index (χ1n) is 7.81. The molecule has 0 aliphatic carbocycles. The number of ether oxygens (including phenoxy) is 2. The van der Waals surface area contributed by atoms with E-state index in [0.29, 0.717) is 6.04 Å². The molecule has 1 aliphatic heterocycles. The molecule has 1 fully saturated rings. The quantitative estimate of drug-likeness (QED) is 0.836. The van der Waals surface area contributed by atoms with Crippen LogP contribution in [0.2, 0.25) is 5.02 Å². The normalized spacial score (nSPS) is 19.4. The van der Waals surface area contributed by atoms with Gasteiger partial charge in [-0.1, -0.05) is 30.7 Å². The SMILES string of the molecule is CCCNC(Cc1ccc(Cl)cc1)C1(OC)CCOCC1. The maximum Gasteiger partial charge on any atom is 0.0877 e. The van der Waals surface area contributed by atoms with Crippen molar-refractivity contribution in [3.05, 3.63) is 34.9 Å². The van der Waals surface area contributed by atoms with Crippen molar-refractivity contribution in [2.75, 3.05) is 26.9 Å². The second-order valence-electron chi connectivity index (χ2n) is 5.72. The van der Waals surface area contributed by atoms with E-state index >= 15 is 0 Å². The van der Waals surface area contributed by atoms with Gasteiger partial charge in [0.2, 0.25) is 0 Å². The Balaban J connectivity index is 2.13. The molecule has 1 saturated heterocycles. The summed E-state index contributed by atoms with van der Waals surface area (Å²) in [4.78, 5) is 0. The highest BCUT2D eigenvalue weighted by Crippen LogP contribution is 2.30. The standard InChI is InChI=1S/C17H26ClNO2/c1-3-10-19-16(13-14-4-6-15(18)7-5-14)17(20-2)8-11-21-12-9-17/h4-7,16,19H,3,8-13H2,1-2H3. The number of methoxy groups -OCH3 is 1. The van der Waals surface area contributed by atoms with Gasteiger partial charge in [-0.05, 0) is 37.1 Å². The van der Waals surface area contributed by atoms with Crippen LogP contribution in [-0.2, 0) is 15.9 Å². The molecular formula is C17H26ClNO2. The summed E-state index contributed by atoms with van der Waals surface area (Å²) < 4.78 is 11.5. The van der Waals surface area contributed by atoms with Crippen molar-refractivity contribution in [1.29, 1.82) is 0 Å². The second-order valence-corrected chi connectivity index (χ2v) is 6.16. The lowest BCUT2D eigenvalue weighted by molar-refractivity contribution is -0.110. The lowest BCUT2D eigenvalue weighted by atomic mass is 9.82. The number of halogens is 1. The average molecular weight is 312 g/mol. The first-order chi connectivity index (χ1) is 10.2. The van der Waals surface area contributed by atoms with E-state index in [4.69, 9.17) is 21.1 Å². The van der Waals surface area contributed by atoms with E-state index in [0.717, 1.165) is 50.5 Å². The van der Waals surface area contributed by atoms with Gasteiger partial charge in [-0.25, -0.2) is 0 Å². The van der Waals surface area contributed by atoms with Gasteiger partial charge in [-0.15, -0.1) is 0 Å². The van der Waals surface area contributed by atoms with Crippen LogP contribution in [0.4, 0.5) is 0 Å². The van der Waals surface area contributed by atoms with Crippen LogP contribution in [0.25, 0.3) is 0 Å². The molecule has 0 spiro atoms. The van der Waals surface area contributed by atoms with Gasteiger partial charge in [0.15, 0.2) is 0 Å². The predicted octanol–water partition coefficient (Wildman–Crippen LogP) is 3.45. The Morgan fingerprint density at radius 3 is 2.52 bits per heavy atom. The zero-order valence-electron chi connectivity index (χ0n) is 13.0. The summed E-state index contributed by atoms with van der Waals surface area (Å²) in [6.45, 7) is 4.75. The van der Waals surface area contributed by atoms with Gasteiger partial charge in [0.1, 0.15) is 0 Å². The van der Waals surface area contributed by atoms with Crippen LogP contribution in [0.1, 0.15) is 31.7 Å². The molecule has 1 aromatic rings. The molecule has 118 valence electrons. The third kappa shape index (κ3) is 4.43. The van der Waals surface area contributed by atoms with E-state index in [1.165, 1.54) is 5.56 Å². The summed E-state index contributed by atoms with van der Waals surface area (Å²) in [7, 11) is 1.83. The van der Waals surface area contributed by atoms with E-state index in [1.807, 2.05) is 19.2 Å². The Hall–Kier alpha value is -0.610. The molecule has 1 heterocycles. The molecule has 2 rings (SSSR count). The minimum atomic E-state index is -0.132. The molecule has 0 bridgehead atoms. The fraction of sp³-hybridized carbons (Fsp3) is 0.647. The molecule has 0 saturated carbocycles. The third-order valence-corrected chi connectivity index (χ3v) is 4.63. The second kappa shape index (κ2) is 8.14. The molecule has 0 aromatic heterocycles. The van der Waals surface area contributed by atoms with Crippen LogP contribution >= 0.6 is 11.6 Å². The zero-order chi connectivity index (χ0) is 15.1. The Morgan fingerprint density at radius 2 is 1.95 bits per heavy atom. The van der Waals surface area contributed by atoms with Crippen molar-refractivity contribution < 1.29 is 9.47 Å². The molecule has 1 atom stereocenters. The van der Waals surface area contributed by atoms with Crippen molar-refractivity contribution >= 4 is 11.6 Å². The highest BCUT2D eigenvalue weighted by atomic mass is 35.5. The molecule has 21 heavy (non-hydrogen) atoms. The van der Waals surface area contributed by atoms with Crippen LogP contribution in [0.5, 0.6) is 0 Å². The summed E-state index contributed by atoms with van der Waals surface area (Å²) in [6, 6.07) is 8.42. The number of hydrogen-bond acceptors (Lipinski definition) is 3. The van der Waals surface area contributed by atoms with Crippen LogP contribution in [0.3, 0.4) is 0 Å². The molecule has 1 aromatic carbocycles. The van der Waals surface area contributed by atoms with E-state index in [9.17, 15) is 0 Å². The van der Waals surface area contributed by atoms with Crippen molar-refractivity contribution in [2.45, 2.75) is 44.2 Å². The summed E-state index contributed by atoms with van der Waals surface area (Å²) in [5.41, 5.74) is 1.16. The van der Waals surface area contributed by atoms with E-state index in [1.54, 1.807) is 0 Å². The van der Waals surface area contributed by atoms with Crippen molar-refractivity contribution in [3.63, 3.8) is 0 Å². The lowest BCUT2D eigenvalue weighted by Crippen LogP contribution is -2.56. The molecular weight excluding hydrogens is 286 g/mol. The fourth-order valence-electron chi connectivity index (χ4n) is 3.03. The molecule has 1 unspecified atom stereocenters. The first kappa shape index (κ1) is 16.8. The van der Waals surface area contributed by atoms with E-state index in [-0.39, 0.29) is 5.60 Å². The Kier molecular flexibility index (Phi) is 6.49. The Labute approximate surface area is 133 Å².